The lowest BCUT2D eigenvalue weighted by atomic mass is 10.0. The van der Waals surface area contributed by atoms with E-state index in [-0.39, 0.29) is 22.5 Å². The summed E-state index contributed by atoms with van der Waals surface area (Å²) >= 11 is 0. The van der Waals surface area contributed by atoms with Gasteiger partial charge in [0.05, 0.1) is 22.5 Å². The first-order valence-electron chi connectivity index (χ1n) is 7.27. The second-order valence-electron chi connectivity index (χ2n) is 5.41. The van der Waals surface area contributed by atoms with Crippen molar-refractivity contribution >= 4 is 23.2 Å². The molecule has 2 N–H and O–H groups in total. The van der Waals surface area contributed by atoms with Crippen molar-refractivity contribution in [2.75, 3.05) is 0 Å². The van der Waals surface area contributed by atoms with Gasteiger partial charge in [-0.3, -0.25) is 20.0 Å². The van der Waals surface area contributed by atoms with Gasteiger partial charge in [-0.1, -0.05) is 60.7 Å². The van der Waals surface area contributed by atoms with Crippen LogP contribution in [0.15, 0.2) is 71.8 Å². The quantitative estimate of drug-likeness (QED) is 0.832. The summed E-state index contributed by atoms with van der Waals surface area (Å²) in [6, 6.07) is 17.2. The van der Waals surface area contributed by atoms with Gasteiger partial charge in [0.2, 0.25) is 0 Å². The molecule has 0 spiro atoms. The van der Waals surface area contributed by atoms with E-state index < -0.39 is 11.8 Å². The van der Waals surface area contributed by atoms with Crippen molar-refractivity contribution < 1.29 is 20.0 Å². The van der Waals surface area contributed by atoms with Gasteiger partial charge in [-0.05, 0) is 0 Å². The molecule has 0 fully saturated rings. The normalized spacial score (nSPS) is 17.2. The van der Waals surface area contributed by atoms with Gasteiger partial charge in [-0.15, -0.1) is 0 Å². The maximum atomic E-state index is 12.5. The van der Waals surface area contributed by atoms with E-state index in [9.17, 15) is 20.0 Å². The molecule has 0 radical (unpaired) electrons. The molecular formula is C18H12N2O4. The minimum atomic E-state index is -0.743. The molecule has 0 atom stereocenters. The molecule has 118 valence electrons. The van der Waals surface area contributed by atoms with Crippen molar-refractivity contribution in [3.63, 3.8) is 0 Å². The number of amides is 2. The number of carbonyl (C=O) groups excluding carboxylic acids is 2. The second-order valence-corrected chi connectivity index (χ2v) is 5.41. The molecule has 2 aromatic rings. The Balaban J connectivity index is 2.01. The number of benzene rings is 2. The maximum absolute atomic E-state index is 12.5. The minimum absolute atomic E-state index is 0.00458. The second kappa shape index (κ2) is 5.16. The largest absolute Gasteiger partial charge is 0.285 e. The fourth-order valence-corrected chi connectivity index (χ4v) is 3.01. The number of rotatable bonds is 2. The summed E-state index contributed by atoms with van der Waals surface area (Å²) < 4.78 is 0. The zero-order valence-electron chi connectivity index (χ0n) is 12.4. The van der Waals surface area contributed by atoms with E-state index >= 15 is 0 Å². The van der Waals surface area contributed by atoms with Crippen molar-refractivity contribution in [3.05, 3.63) is 82.9 Å². The molecule has 2 aliphatic rings. The predicted molar refractivity (Wildman–Crippen MR) is 84.0 cm³/mol. The van der Waals surface area contributed by atoms with Crippen LogP contribution >= 0.6 is 0 Å². The zero-order chi connectivity index (χ0) is 16.8. The van der Waals surface area contributed by atoms with Crippen molar-refractivity contribution in [2.24, 2.45) is 0 Å². The summed E-state index contributed by atoms with van der Waals surface area (Å²) in [5.41, 5.74) is 1.16. The van der Waals surface area contributed by atoms with Gasteiger partial charge in [0.1, 0.15) is 0 Å². The van der Waals surface area contributed by atoms with Crippen molar-refractivity contribution in [1.29, 1.82) is 0 Å². The number of hydrogen-bond donors (Lipinski definition) is 2. The molecule has 6 heteroatoms. The van der Waals surface area contributed by atoms with Crippen molar-refractivity contribution in [2.45, 2.75) is 0 Å². The van der Waals surface area contributed by atoms with Crippen LogP contribution in [-0.2, 0) is 9.59 Å². The molecule has 0 bridgehead atoms. The monoisotopic (exact) mass is 320 g/mol. The molecule has 2 amide bonds. The Bertz CT molecular complexity index is 839. The lowest BCUT2D eigenvalue weighted by Crippen LogP contribution is -2.26. The van der Waals surface area contributed by atoms with E-state index in [2.05, 4.69) is 0 Å². The fourth-order valence-electron chi connectivity index (χ4n) is 3.01. The average Bonchev–Trinajstić information content (AvgIpc) is 3.02. The molecular weight excluding hydrogens is 308 g/mol. The number of fused-ring (bicyclic) bond motifs is 1. The van der Waals surface area contributed by atoms with Crippen LogP contribution in [0.3, 0.4) is 0 Å². The van der Waals surface area contributed by atoms with E-state index in [4.69, 9.17) is 0 Å². The molecule has 24 heavy (non-hydrogen) atoms. The third kappa shape index (κ3) is 1.84. The summed E-state index contributed by atoms with van der Waals surface area (Å²) in [7, 11) is 0. The van der Waals surface area contributed by atoms with Crippen LogP contribution in [0.5, 0.6) is 0 Å². The SMILES string of the molecule is O=C1C2=C(c3ccccc3)N(O)C(=O)C2=C(c2ccccc2)N1O. The highest BCUT2D eigenvalue weighted by atomic mass is 16.5. The zero-order valence-corrected chi connectivity index (χ0v) is 12.4. The summed E-state index contributed by atoms with van der Waals surface area (Å²) in [5.74, 6) is -1.49. The number of carbonyl (C=O) groups is 2. The summed E-state index contributed by atoms with van der Waals surface area (Å²) in [4.78, 5) is 25.1. The predicted octanol–water partition coefficient (Wildman–Crippen LogP) is 2.27. The lowest BCUT2D eigenvalue weighted by molar-refractivity contribution is -0.146. The lowest BCUT2D eigenvalue weighted by Gasteiger charge is -2.17. The number of hydrogen-bond acceptors (Lipinski definition) is 4. The highest BCUT2D eigenvalue weighted by Gasteiger charge is 2.48. The molecule has 2 aromatic carbocycles. The van der Waals surface area contributed by atoms with Crippen LogP contribution in [0.1, 0.15) is 11.1 Å². The van der Waals surface area contributed by atoms with E-state index in [1.165, 1.54) is 0 Å². The number of nitrogens with zero attached hydrogens (tertiary/aromatic N) is 2. The van der Waals surface area contributed by atoms with Crippen molar-refractivity contribution in [3.8, 4) is 0 Å². The van der Waals surface area contributed by atoms with E-state index in [0.29, 0.717) is 21.3 Å². The Morgan fingerprint density at radius 3 is 1.25 bits per heavy atom. The highest BCUT2D eigenvalue weighted by Crippen LogP contribution is 2.44. The van der Waals surface area contributed by atoms with E-state index in [1.807, 2.05) is 0 Å². The Labute approximate surface area is 137 Å². The first-order valence-corrected chi connectivity index (χ1v) is 7.27. The topological polar surface area (TPSA) is 81.1 Å². The average molecular weight is 320 g/mol. The third-order valence-corrected chi connectivity index (χ3v) is 4.05. The summed E-state index contributed by atoms with van der Waals surface area (Å²) in [6.45, 7) is 0. The molecule has 4 rings (SSSR count). The number of hydroxylamine groups is 4. The molecule has 0 aliphatic carbocycles. The van der Waals surface area contributed by atoms with Crippen LogP contribution in [0, 0.1) is 0 Å². The molecule has 2 heterocycles. The van der Waals surface area contributed by atoms with Crippen LogP contribution < -0.4 is 0 Å². The van der Waals surface area contributed by atoms with Gasteiger partial charge < -0.3 is 0 Å². The van der Waals surface area contributed by atoms with Gasteiger partial charge in [0.25, 0.3) is 11.8 Å². The molecule has 0 unspecified atom stereocenters. The standard InChI is InChI=1S/C18H12N2O4/c21-17-13-14(16(20(17)24)12-9-5-2-6-10-12)18(22)19(23)15(13)11-7-3-1-4-8-11/h1-10,23-24H. The van der Waals surface area contributed by atoms with Gasteiger partial charge in [0, 0.05) is 11.1 Å². The molecule has 0 saturated heterocycles. The van der Waals surface area contributed by atoms with E-state index in [0.717, 1.165) is 0 Å². The van der Waals surface area contributed by atoms with Gasteiger partial charge in [-0.2, -0.15) is 10.1 Å². The van der Waals surface area contributed by atoms with E-state index in [1.54, 1.807) is 60.7 Å². The van der Waals surface area contributed by atoms with Crippen LogP contribution in [-0.4, -0.2) is 32.4 Å². The Morgan fingerprint density at radius 1 is 0.583 bits per heavy atom. The molecule has 6 nitrogen and oxygen atoms in total. The smallest absolute Gasteiger partial charge is 0.281 e. The van der Waals surface area contributed by atoms with Crippen LogP contribution in [0.4, 0.5) is 0 Å². The molecule has 2 aliphatic heterocycles. The van der Waals surface area contributed by atoms with Gasteiger partial charge in [-0.25, -0.2) is 0 Å². The van der Waals surface area contributed by atoms with Gasteiger partial charge >= 0.3 is 0 Å². The summed E-state index contributed by atoms with van der Waals surface area (Å²) in [5, 5.41) is 21.4. The molecule has 0 aromatic heterocycles. The third-order valence-electron chi connectivity index (χ3n) is 4.05. The first-order chi connectivity index (χ1) is 11.6. The van der Waals surface area contributed by atoms with Crippen LogP contribution in [0.2, 0.25) is 0 Å². The molecule has 0 saturated carbocycles. The Morgan fingerprint density at radius 2 is 0.917 bits per heavy atom. The highest BCUT2D eigenvalue weighted by molar-refractivity contribution is 6.29. The van der Waals surface area contributed by atoms with Crippen molar-refractivity contribution in [1.82, 2.24) is 10.1 Å². The first kappa shape index (κ1) is 14.4. The maximum Gasteiger partial charge on any atom is 0.285 e. The van der Waals surface area contributed by atoms with Gasteiger partial charge in [0.15, 0.2) is 0 Å². The fraction of sp³-hybridized carbons (Fsp3) is 0. The summed E-state index contributed by atoms with van der Waals surface area (Å²) in [6.07, 6.45) is 0. The minimum Gasteiger partial charge on any atom is -0.281 e. The Hall–Kier alpha value is -3.22. The Kier molecular flexibility index (Phi) is 3.09. The van der Waals surface area contributed by atoms with Crippen LogP contribution in [0.25, 0.3) is 11.4 Å².